The van der Waals surface area contributed by atoms with Crippen LogP contribution in [-0.2, 0) is 35.7 Å². The number of fused-ring (bicyclic) bond motifs is 1. The monoisotopic (exact) mass is 506 g/mol. The maximum atomic E-state index is 12.2. The van der Waals surface area contributed by atoms with Crippen molar-refractivity contribution in [1.82, 2.24) is 29.6 Å². The molecule has 0 unspecified atom stereocenters. The van der Waals surface area contributed by atoms with Crippen molar-refractivity contribution in [3.05, 3.63) is 77.4 Å². The van der Waals surface area contributed by atoms with E-state index in [1.807, 2.05) is 29.0 Å². The standard InChI is InChI=1S/C26H30N6O3S/c1-4-19-17-20(5-2)29-25-24(19)30-22(6-3)32(25)21-12-10-18(11-13-21)14-16-28-26(33)31-36(34,35)23-9-7-8-15-27-23/h7-13,15,17H,4-6,14,16H2,1-3H3,(H2,28,31,33). The Hall–Kier alpha value is -3.79. The fourth-order valence-corrected chi connectivity index (χ4v) is 4.90. The van der Waals surface area contributed by atoms with Crippen molar-refractivity contribution in [1.29, 1.82) is 0 Å². The van der Waals surface area contributed by atoms with Crippen molar-refractivity contribution >= 4 is 27.2 Å². The molecule has 0 atom stereocenters. The van der Waals surface area contributed by atoms with Gasteiger partial charge in [0.05, 0.1) is 0 Å². The molecule has 188 valence electrons. The first-order chi connectivity index (χ1) is 17.4. The van der Waals surface area contributed by atoms with E-state index in [2.05, 4.69) is 41.7 Å². The van der Waals surface area contributed by atoms with Gasteiger partial charge in [-0.25, -0.2) is 24.5 Å². The molecule has 10 heteroatoms. The van der Waals surface area contributed by atoms with E-state index < -0.39 is 16.1 Å². The van der Waals surface area contributed by atoms with Crippen LogP contribution < -0.4 is 10.0 Å². The lowest BCUT2D eigenvalue weighted by Gasteiger charge is -2.11. The van der Waals surface area contributed by atoms with E-state index in [-0.39, 0.29) is 11.6 Å². The molecule has 4 rings (SSSR count). The second-order valence-corrected chi connectivity index (χ2v) is 9.94. The minimum Gasteiger partial charge on any atom is -0.337 e. The maximum Gasteiger partial charge on any atom is 0.328 e. The first-order valence-electron chi connectivity index (χ1n) is 12.1. The number of urea groups is 1. The molecule has 9 nitrogen and oxygen atoms in total. The Balaban J connectivity index is 1.45. The van der Waals surface area contributed by atoms with Gasteiger partial charge in [0.15, 0.2) is 10.7 Å². The van der Waals surface area contributed by atoms with Gasteiger partial charge in [-0.15, -0.1) is 0 Å². The van der Waals surface area contributed by atoms with Crippen molar-refractivity contribution in [2.24, 2.45) is 0 Å². The number of pyridine rings is 2. The summed E-state index contributed by atoms with van der Waals surface area (Å²) in [6, 6.07) is 13.9. The molecule has 3 heterocycles. The SMILES string of the molecule is CCc1cc(CC)c2nc(CC)n(-c3ccc(CCNC(=O)NS(=O)(=O)c4ccccn4)cc3)c2n1. The second kappa shape index (κ2) is 10.9. The van der Waals surface area contributed by atoms with Crippen LogP contribution in [0.3, 0.4) is 0 Å². The van der Waals surface area contributed by atoms with Crippen molar-refractivity contribution in [2.75, 3.05) is 6.54 Å². The Bertz CT molecular complexity index is 1470. The second-order valence-electron chi connectivity index (χ2n) is 8.31. The van der Waals surface area contributed by atoms with Gasteiger partial charge in [0.25, 0.3) is 10.0 Å². The number of sulfonamides is 1. The summed E-state index contributed by atoms with van der Waals surface area (Å²) in [4.78, 5) is 25.6. The highest BCUT2D eigenvalue weighted by Crippen LogP contribution is 2.25. The number of hydrogen-bond donors (Lipinski definition) is 2. The number of aryl methyl sites for hydroxylation is 3. The van der Waals surface area contributed by atoms with Crippen molar-refractivity contribution in [2.45, 2.75) is 51.5 Å². The van der Waals surface area contributed by atoms with Crippen LogP contribution >= 0.6 is 0 Å². The summed E-state index contributed by atoms with van der Waals surface area (Å²) in [6.45, 7) is 6.60. The first kappa shape index (κ1) is 25.3. The minimum absolute atomic E-state index is 0.208. The maximum absolute atomic E-state index is 12.2. The summed E-state index contributed by atoms with van der Waals surface area (Å²) in [7, 11) is -4.01. The van der Waals surface area contributed by atoms with E-state index in [0.717, 1.165) is 53.2 Å². The third kappa shape index (κ3) is 5.38. The lowest BCUT2D eigenvalue weighted by atomic mass is 10.1. The van der Waals surface area contributed by atoms with Crippen LogP contribution in [0, 0.1) is 0 Å². The predicted molar refractivity (Wildman–Crippen MR) is 139 cm³/mol. The van der Waals surface area contributed by atoms with Crippen LogP contribution in [0.5, 0.6) is 0 Å². The lowest BCUT2D eigenvalue weighted by Crippen LogP contribution is -2.40. The van der Waals surface area contributed by atoms with Crippen LogP contribution in [-0.4, -0.2) is 40.5 Å². The average molecular weight is 507 g/mol. The molecule has 2 N–H and O–H groups in total. The Labute approximate surface area is 211 Å². The van der Waals surface area contributed by atoms with Gasteiger partial charge in [-0.2, -0.15) is 8.42 Å². The number of imidazole rings is 1. The number of benzene rings is 1. The predicted octanol–water partition coefficient (Wildman–Crippen LogP) is 3.73. The Morgan fingerprint density at radius 3 is 2.39 bits per heavy atom. The fourth-order valence-electron chi connectivity index (χ4n) is 4.02. The van der Waals surface area contributed by atoms with Gasteiger partial charge in [0.2, 0.25) is 0 Å². The lowest BCUT2D eigenvalue weighted by molar-refractivity contribution is 0.246. The first-order valence-corrected chi connectivity index (χ1v) is 13.6. The Morgan fingerprint density at radius 1 is 0.972 bits per heavy atom. The van der Waals surface area contributed by atoms with Gasteiger partial charge < -0.3 is 5.32 Å². The molecule has 0 spiro atoms. The third-order valence-corrected chi connectivity index (χ3v) is 7.16. The summed E-state index contributed by atoms with van der Waals surface area (Å²) in [5.41, 5.74) is 6.07. The van der Waals surface area contributed by atoms with Gasteiger partial charge >= 0.3 is 6.03 Å². The molecule has 0 aliphatic rings. The summed E-state index contributed by atoms with van der Waals surface area (Å²) in [5.74, 6) is 0.959. The number of amides is 2. The zero-order valence-corrected chi connectivity index (χ0v) is 21.5. The molecule has 1 aromatic carbocycles. The van der Waals surface area contributed by atoms with Crippen LogP contribution in [0.1, 0.15) is 43.4 Å². The van der Waals surface area contributed by atoms with E-state index >= 15 is 0 Å². The normalized spacial score (nSPS) is 11.5. The van der Waals surface area contributed by atoms with Gasteiger partial charge in [-0.3, -0.25) is 4.57 Å². The highest BCUT2D eigenvalue weighted by atomic mass is 32.2. The molecule has 0 fully saturated rings. The summed E-state index contributed by atoms with van der Waals surface area (Å²) in [5, 5.41) is 2.38. The molecule has 0 aliphatic heterocycles. The van der Waals surface area contributed by atoms with E-state index in [0.29, 0.717) is 6.42 Å². The quantitative estimate of drug-likeness (QED) is 0.357. The molecule has 0 aliphatic carbocycles. The van der Waals surface area contributed by atoms with E-state index in [1.165, 1.54) is 17.8 Å². The smallest absolute Gasteiger partial charge is 0.328 e. The highest BCUT2D eigenvalue weighted by molar-refractivity contribution is 7.90. The number of rotatable bonds is 9. The van der Waals surface area contributed by atoms with Crippen LogP contribution in [0.4, 0.5) is 4.79 Å². The molecule has 2 amide bonds. The number of nitrogens with one attached hydrogen (secondary N) is 2. The van der Waals surface area contributed by atoms with E-state index in [4.69, 9.17) is 9.97 Å². The van der Waals surface area contributed by atoms with Crippen LogP contribution in [0.15, 0.2) is 59.8 Å². The zero-order valence-electron chi connectivity index (χ0n) is 20.7. The number of carbonyl (C=O) groups excluding carboxylic acids is 1. The van der Waals surface area contributed by atoms with Gasteiger partial charge in [-0.05, 0) is 60.7 Å². The molecule has 4 aromatic rings. The number of nitrogens with zero attached hydrogens (tertiary/aromatic N) is 4. The van der Waals surface area contributed by atoms with Gasteiger partial charge in [0, 0.05) is 30.5 Å². The highest BCUT2D eigenvalue weighted by Gasteiger charge is 2.19. The Kier molecular flexibility index (Phi) is 7.64. The van der Waals surface area contributed by atoms with Crippen LogP contribution in [0.25, 0.3) is 16.9 Å². The van der Waals surface area contributed by atoms with Crippen molar-refractivity contribution in [3.8, 4) is 5.69 Å². The molecule has 36 heavy (non-hydrogen) atoms. The largest absolute Gasteiger partial charge is 0.337 e. The fraction of sp³-hybridized carbons (Fsp3) is 0.308. The molecule has 0 saturated heterocycles. The topological polar surface area (TPSA) is 119 Å². The summed E-state index contributed by atoms with van der Waals surface area (Å²) < 4.78 is 28.5. The van der Waals surface area contributed by atoms with E-state index in [1.54, 1.807) is 12.1 Å². The molecule has 0 saturated carbocycles. The molecule has 0 bridgehead atoms. The number of carbonyl (C=O) groups is 1. The van der Waals surface area contributed by atoms with Crippen LogP contribution in [0.2, 0.25) is 0 Å². The molecule has 3 aromatic heterocycles. The number of aromatic nitrogens is 4. The van der Waals surface area contributed by atoms with Crippen molar-refractivity contribution < 1.29 is 13.2 Å². The van der Waals surface area contributed by atoms with Crippen molar-refractivity contribution in [3.63, 3.8) is 0 Å². The average Bonchev–Trinajstić information content (AvgIpc) is 3.27. The van der Waals surface area contributed by atoms with E-state index in [9.17, 15) is 13.2 Å². The minimum atomic E-state index is -4.01. The van der Waals surface area contributed by atoms with Gasteiger partial charge in [-0.1, -0.05) is 39.0 Å². The summed E-state index contributed by atoms with van der Waals surface area (Å²) in [6.07, 6.45) is 4.44. The third-order valence-electron chi connectivity index (χ3n) is 5.91. The molecule has 0 radical (unpaired) electrons. The zero-order chi connectivity index (χ0) is 25.7. The molecular weight excluding hydrogens is 476 g/mol. The number of hydrogen-bond acceptors (Lipinski definition) is 6. The Morgan fingerprint density at radius 2 is 1.75 bits per heavy atom. The molecular formula is C26H30N6O3S. The van der Waals surface area contributed by atoms with Gasteiger partial charge in [0.1, 0.15) is 11.3 Å². The summed E-state index contributed by atoms with van der Waals surface area (Å²) >= 11 is 0.